The Bertz CT molecular complexity index is 396. The summed E-state index contributed by atoms with van der Waals surface area (Å²) in [7, 11) is 2.23. The van der Waals surface area contributed by atoms with Gasteiger partial charge in [-0.2, -0.15) is 0 Å². The molecule has 3 rings (SSSR count). The second-order valence-electron chi connectivity index (χ2n) is 7.01. The summed E-state index contributed by atoms with van der Waals surface area (Å²) >= 11 is 0. The number of likely N-dealkylation sites (tertiary alicyclic amines) is 2. The molecule has 0 bridgehead atoms. The topological polar surface area (TPSA) is 43.3 Å². The van der Waals surface area contributed by atoms with Crippen molar-refractivity contribution in [3.63, 3.8) is 0 Å². The molecule has 3 fully saturated rings. The van der Waals surface area contributed by atoms with Gasteiger partial charge in [0.15, 0.2) is 5.96 Å². The summed E-state index contributed by atoms with van der Waals surface area (Å²) in [5.41, 5.74) is 0. The predicted octanol–water partition coefficient (Wildman–Crippen LogP) is 0.453. The second kappa shape index (κ2) is 8.31. The Morgan fingerprint density at radius 3 is 2.70 bits per heavy atom. The molecule has 1 N–H and O–H groups in total. The van der Waals surface area contributed by atoms with Crippen LogP contribution < -0.4 is 5.32 Å². The molecule has 0 saturated carbocycles. The van der Waals surface area contributed by atoms with Crippen molar-refractivity contribution in [1.29, 1.82) is 0 Å². The van der Waals surface area contributed by atoms with Crippen LogP contribution in [0.15, 0.2) is 4.99 Å². The summed E-state index contributed by atoms with van der Waals surface area (Å²) in [4.78, 5) is 12.5. The van der Waals surface area contributed by atoms with Gasteiger partial charge in [-0.15, -0.1) is 0 Å². The van der Waals surface area contributed by atoms with Gasteiger partial charge >= 0.3 is 0 Å². The Hall–Kier alpha value is -0.850. The van der Waals surface area contributed by atoms with Gasteiger partial charge < -0.3 is 19.9 Å². The monoisotopic (exact) mass is 323 g/mol. The summed E-state index contributed by atoms with van der Waals surface area (Å²) in [6, 6.07) is 1.29. The van der Waals surface area contributed by atoms with E-state index >= 15 is 0 Å². The third-order valence-electron chi connectivity index (χ3n) is 5.48. The van der Waals surface area contributed by atoms with Gasteiger partial charge in [-0.25, -0.2) is 0 Å². The standard InChI is InChI=1S/C17H33N5O/c1-3-18-17(19-13-15-5-4-7-20(15)2)22-8-6-16(14-22)21-9-11-23-12-10-21/h15-16H,3-14H2,1-2H3,(H,18,19). The highest BCUT2D eigenvalue weighted by Crippen LogP contribution is 2.18. The lowest BCUT2D eigenvalue weighted by molar-refractivity contribution is 0.0195. The molecule has 23 heavy (non-hydrogen) atoms. The Morgan fingerprint density at radius 1 is 1.17 bits per heavy atom. The molecule has 6 nitrogen and oxygen atoms in total. The van der Waals surface area contributed by atoms with Crippen LogP contribution in [0.3, 0.4) is 0 Å². The quantitative estimate of drug-likeness (QED) is 0.601. The smallest absolute Gasteiger partial charge is 0.194 e. The van der Waals surface area contributed by atoms with E-state index in [0.29, 0.717) is 12.1 Å². The minimum atomic E-state index is 0.626. The Balaban J connectivity index is 1.55. The van der Waals surface area contributed by atoms with Gasteiger partial charge in [0, 0.05) is 44.8 Å². The number of guanidine groups is 1. The van der Waals surface area contributed by atoms with E-state index in [9.17, 15) is 0 Å². The van der Waals surface area contributed by atoms with Gasteiger partial charge in [0.05, 0.1) is 19.8 Å². The van der Waals surface area contributed by atoms with Gasteiger partial charge in [-0.1, -0.05) is 0 Å². The molecule has 2 unspecified atom stereocenters. The van der Waals surface area contributed by atoms with Crippen LogP contribution in [0.1, 0.15) is 26.2 Å². The normalized spacial score (nSPS) is 31.0. The third kappa shape index (κ3) is 4.37. The molecule has 0 spiro atoms. The molecule has 0 aliphatic carbocycles. The number of nitrogens with zero attached hydrogens (tertiary/aromatic N) is 4. The molecule has 3 aliphatic rings. The van der Waals surface area contributed by atoms with Crippen molar-refractivity contribution in [1.82, 2.24) is 20.0 Å². The summed E-state index contributed by atoms with van der Waals surface area (Å²) in [5.74, 6) is 1.11. The SMILES string of the molecule is CCNC(=NCC1CCCN1C)N1CCC(N2CCOCC2)C1. The minimum Gasteiger partial charge on any atom is -0.379 e. The highest BCUT2D eigenvalue weighted by Gasteiger charge is 2.30. The molecule has 132 valence electrons. The molecule has 3 saturated heterocycles. The van der Waals surface area contributed by atoms with Crippen LogP contribution in [0.5, 0.6) is 0 Å². The number of aliphatic imine (C=N–C) groups is 1. The summed E-state index contributed by atoms with van der Waals surface area (Å²) in [5, 5.41) is 3.50. The van der Waals surface area contributed by atoms with Crippen LogP contribution >= 0.6 is 0 Å². The lowest BCUT2D eigenvalue weighted by Gasteiger charge is -2.32. The van der Waals surface area contributed by atoms with Gasteiger partial charge in [0.2, 0.25) is 0 Å². The molecule has 6 heteroatoms. The molecule has 0 amide bonds. The Morgan fingerprint density at radius 2 is 2.00 bits per heavy atom. The molecule has 0 aromatic carbocycles. The number of rotatable bonds is 4. The van der Waals surface area contributed by atoms with Gasteiger partial charge in [0.25, 0.3) is 0 Å². The fourth-order valence-corrected chi connectivity index (χ4v) is 4.00. The fraction of sp³-hybridized carbons (Fsp3) is 0.941. The molecule has 0 radical (unpaired) electrons. The van der Waals surface area contributed by atoms with Crippen LogP contribution in [0.4, 0.5) is 0 Å². The van der Waals surface area contributed by atoms with E-state index in [1.54, 1.807) is 0 Å². The maximum atomic E-state index is 5.48. The Kier molecular flexibility index (Phi) is 6.14. The average Bonchev–Trinajstić information content (AvgIpc) is 3.22. The van der Waals surface area contributed by atoms with E-state index in [1.165, 1.54) is 25.8 Å². The number of ether oxygens (including phenoxy) is 1. The van der Waals surface area contributed by atoms with E-state index in [1.807, 2.05) is 0 Å². The van der Waals surface area contributed by atoms with Gasteiger partial charge in [0.1, 0.15) is 0 Å². The van der Waals surface area contributed by atoms with Crippen LogP contribution in [0.25, 0.3) is 0 Å². The van der Waals surface area contributed by atoms with Crippen molar-refractivity contribution < 1.29 is 4.74 Å². The Labute approximate surface area is 140 Å². The molecule has 3 heterocycles. The van der Waals surface area contributed by atoms with E-state index in [-0.39, 0.29) is 0 Å². The maximum Gasteiger partial charge on any atom is 0.194 e. The zero-order valence-corrected chi connectivity index (χ0v) is 14.8. The molecule has 3 aliphatic heterocycles. The van der Waals surface area contributed by atoms with Crippen molar-refractivity contribution in [3.05, 3.63) is 0 Å². The highest BCUT2D eigenvalue weighted by molar-refractivity contribution is 5.80. The predicted molar refractivity (Wildman–Crippen MR) is 94.0 cm³/mol. The van der Waals surface area contributed by atoms with Crippen LogP contribution in [0, 0.1) is 0 Å². The fourth-order valence-electron chi connectivity index (χ4n) is 4.00. The van der Waals surface area contributed by atoms with Crippen LogP contribution in [0.2, 0.25) is 0 Å². The molecular weight excluding hydrogens is 290 g/mol. The van der Waals surface area contributed by atoms with Crippen LogP contribution in [-0.2, 0) is 4.74 Å². The third-order valence-corrected chi connectivity index (χ3v) is 5.48. The summed E-state index contributed by atoms with van der Waals surface area (Å²) < 4.78 is 5.48. The number of hydrogen-bond donors (Lipinski definition) is 1. The molecule has 0 aromatic heterocycles. The highest BCUT2D eigenvalue weighted by atomic mass is 16.5. The average molecular weight is 323 g/mol. The van der Waals surface area contributed by atoms with E-state index in [2.05, 4.69) is 34.0 Å². The first kappa shape index (κ1) is 17.0. The first-order valence-corrected chi connectivity index (χ1v) is 9.33. The number of nitrogens with one attached hydrogen (secondary N) is 1. The summed E-state index contributed by atoms with van der Waals surface area (Å²) in [6.45, 7) is 11.4. The maximum absolute atomic E-state index is 5.48. The minimum absolute atomic E-state index is 0.626. The van der Waals surface area contributed by atoms with E-state index in [0.717, 1.165) is 58.4 Å². The molecule has 2 atom stereocenters. The first-order chi connectivity index (χ1) is 11.3. The van der Waals surface area contributed by atoms with Crippen LogP contribution in [-0.4, -0.2) is 98.8 Å². The number of morpholine rings is 1. The summed E-state index contributed by atoms with van der Waals surface area (Å²) in [6.07, 6.45) is 3.85. The van der Waals surface area contributed by atoms with Gasteiger partial charge in [-0.05, 0) is 39.8 Å². The lowest BCUT2D eigenvalue weighted by atomic mass is 10.2. The zero-order valence-electron chi connectivity index (χ0n) is 14.8. The van der Waals surface area contributed by atoms with Crippen molar-refractivity contribution in [2.45, 2.75) is 38.3 Å². The van der Waals surface area contributed by atoms with E-state index in [4.69, 9.17) is 9.73 Å². The van der Waals surface area contributed by atoms with E-state index < -0.39 is 0 Å². The number of hydrogen-bond acceptors (Lipinski definition) is 4. The number of likely N-dealkylation sites (N-methyl/N-ethyl adjacent to an activating group) is 1. The van der Waals surface area contributed by atoms with Crippen molar-refractivity contribution in [3.8, 4) is 0 Å². The van der Waals surface area contributed by atoms with Crippen molar-refractivity contribution in [2.24, 2.45) is 4.99 Å². The van der Waals surface area contributed by atoms with Crippen molar-refractivity contribution >= 4 is 5.96 Å². The molecule has 0 aromatic rings. The first-order valence-electron chi connectivity index (χ1n) is 9.33. The largest absolute Gasteiger partial charge is 0.379 e. The second-order valence-corrected chi connectivity index (χ2v) is 7.01. The zero-order chi connectivity index (χ0) is 16.1. The van der Waals surface area contributed by atoms with Gasteiger partial charge in [-0.3, -0.25) is 9.89 Å². The lowest BCUT2D eigenvalue weighted by Crippen LogP contribution is -2.47. The molecular formula is C17H33N5O. The van der Waals surface area contributed by atoms with Crippen molar-refractivity contribution in [2.75, 3.05) is 66.1 Å².